The molecule has 0 aliphatic heterocycles. The Bertz CT molecular complexity index is 1070. The summed E-state index contributed by atoms with van der Waals surface area (Å²) in [6, 6.07) is 21.8. The van der Waals surface area contributed by atoms with Gasteiger partial charge in [-0.2, -0.15) is 0 Å². The lowest BCUT2D eigenvalue weighted by molar-refractivity contribution is -0.111. The van der Waals surface area contributed by atoms with Crippen molar-refractivity contribution < 1.29 is 14.3 Å². The van der Waals surface area contributed by atoms with E-state index in [1.54, 1.807) is 19.3 Å². The van der Waals surface area contributed by atoms with E-state index in [9.17, 15) is 4.79 Å². The highest BCUT2D eigenvalue weighted by molar-refractivity contribution is 6.03. The minimum atomic E-state index is -0.159. The lowest BCUT2D eigenvalue weighted by Crippen LogP contribution is -2.13. The van der Waals surface area contributed by atoms with Gasteiger partial charge in [-0.05, 0) is 52.3 Å². The average Bonchev–Trinajstić information content (AvgIpc) is 2.82. The van der Waals surface area contributed by atoms with Gasteiger partial charge in [-0.15, -0.1) is 0 Å². The number of methoxy groups -OCH3 is 1. The Morgan fingerprint density at radius 1 is 0.879 bits per heavy atom. The summed E-state index contributed by atoms with van der Waals surface area (Å²) in [6.45, 7) is 9.01. The average molecular weight is 444 g/mol. The fourth-order valence-corrected chi connectivity index (χ4v) is 3.67. The van der Waals surface area contributed by atoms with Gasteiger partial charge in [0.15, 0.2) is 11.5 Å². The molecule has 3 rings (SSSR count). The van der Waals surface area contributed by atoms with Crippen molar-refractivity contribution in [2.75, 3.05) is 12.4 Å². The number of amides is 1. The number of para-hydroxylation sites is 1. The normalized spacial score (nSPS) is 11.2. The summed E-state index contributed by atoms with van der Waals surface area (Å²) >= 11 is 0. The Kier molecular flexibility index (Phi) is 8.31. The summed E-state index contributed by atoms with van der Waals surface area (Å²) in [5.41, 5.74) is 5.14. The van der Waals surface area contributed by atoms with E-state index in [2.05, 4.69) is 51.2 Å². The number of hydrogen-bond donors (Lipinski definition) is 1. The largest absolute Gasteiger partial charge is 0.493 e. The maximum Gasteiger partial charge on any atom is 0.248 e. The van der Waals surface area contributed by atoms with Gasteiger partial charge in [0.1, 0.15) is 6.61 Å². The van der Waals surface area contributed by atoms with E-state index in [0.717, 1.165) is 27.9 Å². The fourth-order valence-electron chi connectivity index (χ4n) is 3.67. The number of nitrogens with one attached hydrogen (secondary N) is 1. The molecule has 172 valence electrons. The van der Waals surface area contributed by atoms with Gasteiger partial charge in [0, 0.05) is 11.8 Å². The highest BCUT2D eigenvalue weighted by Crippen LogP contribution is 2.33. The molecule has 4 heteroatoms. The zero-order valence-corrected chi connectivity index (χ0v) is 20.1. The molecule has 1 N–H and O–H groups in total. The molecular formula is C29H33NO3. The van der Waals surface area contributed by atoms with Crippen LogP contribution in [0.15, 0.2) is 72.8 Å². The minimum absolute atomic E-state index is 0.159. The van der Waals surface area contributed by atoms with E-state index >= 15 is 0 Å². The summed E-state index contributed by atoms with van der Waals surface area (Å²) in [4.78, 5) is 12.8. The van der Waals surface area contributed by atoms with Gasteiger partial charge in [0.05, 0.1) is 7.11 Å². The number of benzene rings is 3. The molecule has 0 radical (unpaired) electrons. The second-order valence-electron chi connectivity index (χ2n) is 8.63. The van der Waals surface area contributed by atoms with Crippen LogP contribution in [-0.2, 0) is 11.4 Å². The van der Waals surface area contributed by atoms with E-state index in [4.69, 9.17) is 9.47 Å². The van der Waals surface area contributed by atoms with Crippen LogP contribution in [0.4, 0.5) is 5.69 Å². The molecule has 3 aromatic rings. The van der Waals surface area contributed by atoms with Crippen molar-refractivity contribution in [2.45, 2.75) is 46.1 Å². The van der Waals surface area contributed by atoms with Crippen molar-refractivity contribution >= 4 is 17.7 Å². The van der Waals surface area contributed by atoms with Crippen molar-refractivity contribution in [3.8, 4) is 11.5 Å². The molecule has 4 nitrogen and oxygen atoms in total. The Labute approximate surface area is 197 Å². The molecule has 33 heavy (non-hydrogen) atoms. The molecule has 0 saturated heterocycles. The summed E-state index contributed by atoms with van der Waals surface area (Å²) in [6.07, 6.45) is 3.34. The molecule has 0 atom stereocenters. The Morgan fingerprint density at radius 3 is 2.15 bits per heavy atom. The molecule has 0 aromatic heterocycles. The van der Waals surface area contributed by atoms with Crippen LogP contribution in [-0.4, -0.2) is 13.0 Å². The number of hydrogen-bond acceptors (Lipinski definition) is 3. The van der Waals surface area contributed by atoms with Crippen LogP contribution in [0.3, 0.4) is 0 Å². The zero-order chi connectivity index (χ0) is 23.8. The van der Waals surface area contributed by atoms with E-state index < -0.39 is 0 Å². The highest BCUT2D eigenvalue weighted by atomic mass is 16.5. The Hall–Kier alpha value is -3.53. The van der Waals surface area contributed by atoms with Crippen LogP contribution in [0.25, 0.3) is 6.08 Å². The first-order chi connectivity index (χ1) is 15.9. The number of rotatable bonds is 9. The molecule has 0 aliphatic rings. The van der Waals surface area contributed by atoms with Gasteiger partial charge < -0.3 is 14.8 Å². The Balaban J connectivity index is 1.73. The third-order valence-electron chi connectivity index (χ3n) is 5.47. The maximum absolute atomic E-state index is 12.8. The van der Waals surface area contributed by atoms with Crippen LogP contribution in [0, 0.1) is 0 Å². The molecule has 0 fully saturated rings. The summed E-state index contributed by atoms with van der Waals surface area (Å²) in [7, 11) is 1.61. The SMILES string of the molecule is COc1cc(C=CC(=O)Nc2c(C(C)C)cccc2C(C)C)ccc1OCc1ccccc1. The molecule has 1 amide bonds. The van der Waals surface area contributed by atoms with Gasteiger partial charge in [0.2, 0.25) is 5.91 Å². The first-order valence-electron chi connectivity index (χ1n) is 11.4. The quantitative estimate of drug-likeness (QED) is 0.357. The number of carbonyl (C=O) groups is 1. The highest BCUT2D eigenvalue weighted by Gasteiger charge is 2.15. The van der Waals surface area contributed by atoms with Gasteiger partial charge in [-0.1, -0.05) is 82.3 Å². The van der Waals surface area contributed by atoms with Crippen molar-refractivity contribution in [3.05, 3.63) is 95.1 Å². The lowest BCUT2D eigenvalue weighted by atomic mass is 9.92. The van der Waals surface area contributed by atoms with Gasteiger partial charge in [-0.3, -0.25) is 4.79 Å². The third kappa shape index (κ3) is 6.48. The molecule has 0 spiro atoms. The first kappa shape index (κ1) is 24.1. The zero-order valence-electron chi connectivity index (χ0n) is 20.1. The monoisotopic (exact) mass is 443 g/mol. The maximum atomic E-state index is 12.8. The predicted octanol–water partition coefficient (Wildman–Crippen LogP) is 7.17. The van der Waals surface area contributed by atoms with Gasteiger partial charge >= 0.3 is 0 Å². The fraction of sp³-hybridized carbons (Fsp3) is 0.276. The molecule has 0 bridgehead atoms. The Morgan fingerprint density at radius 2 is 1.55 bits per heavy atom. The van der Waals surface area contributed by atoms with Crippen LogP contribution in [0.2, 0.25) is 0 Å². The molecule has 0 saturated carbocycles. The van der Waals surface area contributed by atoms with Crippen LogP contribution in [0.1, 0.15) is 61.8 Å². The van der Waals surface area contributed by atoms with Gasteiger partial charge in [-0.25, -0.2) is 0 Å². The van der Waals surface area contributed by atoms with E-state index in [1.165, 1.54) is 0 Å². The summed E-state index contributed by atoms with van der Waals surface area (Å²) < 4.78 is 11.4. The first-order valence-corrected chi connectivity index (χ1v) is 11.4. The van der Waals surface area contributed by atoms with Crippen LogP contribution in [0.5, 0.6) is 11.5 Å². The summed E-state index contributed by atoms with van der Waals surface area (Å²) in [5.74, 6) is 1.76. The lowest BCUT2D eigenvalue weighted by Gasteiger charge is -2.19. The second kappa shape index (κ2) is 11.4. The molecular weight excluding hydrogens is 410 g/mol. The third-order valence-corrected chi connectivity index (χ3v) is 5.47. The predicted molar refractivity (Wildman–Crippen MR) is 136 cm³/mol. The van der Waals surface area contributed by atoms with Crippen molar-refractivity contribution in [3.63, 3.8) is 0 Å². The second-order valence-corrected chi connectivity index (χ2v) is 8.63. The topological polar surface area (TPSA) is 47.6 Å². The summed E-state index contributed by atoms with van der Waals surface area (Å²) in [5, 5.41) is 3.11. The number of carbonyl (C=O) groups excluding carboxylic acids is 1. The van der Waals surface area contributed by atoms with Crippen LogP contribution < -0.4 is 14.8 Å². The molecule has 0 heterocycles. The van der Waals surface area contributed by atoms with Crippen LogP contribution >= 0.6 is 0 Å². The van der Waals surface area contributed by atoms with E-state index in [1.807, 2.05) is 48.5 Å². The van der Waals surface area contributed by atoms with E-state index in [-0.39, 0.29) is 5.91 Å². The van der Waals surface area contributed by atoms with E-state index in [0.29, 0.717) is 29.9 Å². The molecule has 0 aliphatic carbocycles. The van der Waals surface area contributed by atoms with Crippen molar-refractivity contribution in [1.29, 1.82) is 0 Å². The van der Waals surface area contributed by atoms with Gasteiger partial charge in [0.25, 0.3) is 0 Å². The molecule has 0 unspecified atom stereocenters. The number of ether oxygens (including phenoxy) is 2. The van der Waals surface area contributed by atoms with Crippen molar-refractivity contribution in [1.82, 2.24) is 0 Å². The molecule has 3 aromatic carbocycles. The van der Waals surface area contributed by atoms with Crippen molar-refractivity contribution in [2.24, 2.45) is 0 Å². The standard InChI is InChI=1S/C29H33NO3/c1-20(2)24-12-9-13-25(21(3)4)29(24)30-28(31)17-15-22-14-16-26(27(18-22)32-5)33-19-23-10-7-6-8-11-23/h6-18,20-21H,19H2,1-5H3,(H,30,31). The number of anilines is 1. The smallest absolute Gasteiger partial charge is 0.248 e. The minimum Gasteiger partial charge on any atom is -0.493 e.